The Hall–Kier alpha value is -1.85. The Morgan fingerprint density at radius 1 is 1.10 bits per heavy atom. The molecule has 0 atom stereocenters. The van der Waals surface area contributed by atoms with Crippen LogP contribution in [0.1, 0.15) is 42.5 Å². The van der Waals surface area contributed by atoms with Gasteiger partial charge in [-0.25, -0.2) is 4.99 Å². The lowest BCUT2D eigenvalue weighted by molar-refractivity contribution is -0.137. The van der Waals surface area contributed by atoms with Crippen molar-refractivity contribution in [3.63, 3.8) is 0 Å². The number of halogens is 4. The number of rotatable bonds is 8. The van der Waals surface area contributed by atoms with Gasteiger partial charge in [0.05, 0.1) is 5.56 Å². The van der Waals surface area contributed by atoms with Crippen LogP contribution in [0.3, 0.4) is 0 Å². The van der Waals surface area contributed by atoms with E-state index < -0.39 is 11.7 Å². The van der Waals surface area contributed by atoms with Gasteiger partial charge in [-0.05, 0) is 37.5 Å². The number of hydrogen-bond acceptors (Lipinski definition) is 3. The fourth-order valence-corrected chi connectivity index (χ4v) is 2.48. The minimum absolute atomic E-state index is 0. The number of aliphatic imine (C=N–C) groups is 1. The zero-order valence-electron chi connectivity index (χ0n) is 16.9. The molecular weight excluding hydrogens is 496 g/mol. The van der Waals surface area contributed by atoms with Crippen molar-refractivity contribution in [1.29, 1.82) is 0 Å². The molecule has 6 nitrogen and oxygen atoms in total. The highest BCUT2D eigenvalue weighted by molar-refractivity contribution is 14.0. The van der Waals surface area contributed by atoms with Crippen LogP contribution in [-0.2, 0) is 26.2 Å². The van der Waals surface area contributed by atoms with E-state index in [-0.39, 0.29) is 24.0 Å². The highest BCUT2D eigenvalue weighted by atomic mass is 127. The molecule has 162 valence electrons. The fourth-order valence-electron chi connectivity index (χ4n) is 2.48. The Balaban J connectivity index is 0.00000420. The predicted octanol–water partition coefficient (Wildman–Crippen LogP) is 3.84. The van der Waals surface area contributed by atoms with Crippen LogP contribution < -0.4 is 10.6 Å². The third kappa shape index (κ3) is 8.19. The zero-order chi connectivity index (χ0) is 20.6. The lowest BCUT2D eigenvalue weighted by Gasteiger charge is -2.13. The maximum atomic E-state index is 12.6. The number of unbranched alkanes of at least 4 members (excludes halogenated alkanes) is 1. The second kappa shape index (κ2) is 12.0. The summed E-state index contributed by atoms with van der Waals surface area (Å²) in [6, 6.07) is 5.24. The maximum Gasteiger partial charge on any atom is 0.416 e. The monoisotopic (exact) mass is 524 g/mol. The smallest absolute Gasteiger partial charge is 0.356 e. The van der Waals surface area contributed by atoms with Crippen LogP contribution in [-0.4, -0.2) is 33.8 Å². The Morgan fingerprint density at radius 2 is 1.76 bits per heavy atom. The number of benzene rings is 1. The summed E-state index contributed by atoms with van der Waals surface area (Å²) in [5.41, 5.74) is 0.198. The summed E-state index contributed by atoms with van der Waals surface area (Å²) < 4.78 is 39.8. The summed E-state index contributed by atoms with van der Waals surface area (Å²) >= 11 is 0. The number of guanidine groups is 1. The Morgan fingerprint density at radius 3 is 2.31 bits per heavy atom. The molecule has 0 aliphatic heterocycles. The minimum atomic E-state index is -4.31. The lowest BCUT2D eigenvalue weighted by Crippen LogP contribution is -2.39. The zero-order valence-corrected chi connectivity index (χ0v) is 19.2. The van der Waals surface area contributed by atoms with Crippen LogP contribution in [0.25, 0.3) is 0 Å². The molecule has 29 heavy (non-hydrogen) atoms. The second-order valence-corrected chi connectivity index (χ2v) is 6.54. The summed E-state index contributed by atoms with van der Waals surface area (Å²) in [5, 5.41) is 14.6. The molecular formula is C19H28F3IN6. The van der Waals surface area contributed by atoms with Gasteiger partial charge in [0.25, 0.3) is 0 Å². The van der Waals surface area contributed by atoms with Gasteiger partial charge in [0, 0.05) is 20.1 Å². The van der Waals surface area contributed by atoms with E-state index in [2.05, 4.69) is 32.7 Å². The maximum absolute atomic E-state index is 12.6. The molecule has 0 saturated heterocycles. The molecule has 0 unspecified atom stereocenters. The molecule has 0 saturated carbocycles. The number of nitrogens with zero attached hydrogens (tertiary/aromatic N) is 4. The minimum Gasteiger partial charge on any atom is -0.356 e. The number of nitrogens with one attached hydrogen (secondary N) is 2. The van der Waals surface area contributed by atoms with E-state index >= 15 is 0 Å². The molecule has 1 aromatic heterocycles. The molecule has 2 aromatic rings. The molecule has 10 heteroatoms. The van der Waals surface area contributed by atoms with Crippen molar-refractivity contribution < 1.29 is 13.2 Å². The first-order valence-corrected chi connectivity index (χ1v) is 9.34. The van der Waals surface area contributed by atoms with Gasteiger partial charge in [0.2, 0.25) is 0 Å². The van der Waals surface area contributed by atoms with Crippen LogP contribution >= 0.6 is 24.0 Å². The van der Waals surface area contributed by atoms with Crippen molar-refractivity contribution in [2.24, 2.45) is 12.0 Å². The van der Waals surface area contributed by atoms with E-state index in [1.165, 1.54) is 12.1 Å². The van der Waals surface area contributed by atoms with Gasteiger partial charge in [0.15, 0.2) is 11.8 Å². The number of hydrogen-bond donors (Lipinski definition) is 2. The molecule has 2 N–H and O–H groups in total. The number of aromatic nitrogens is 3. The van der Waals surface area contributed by atoms with E-state index in [9.17, 15) is 13.2 Å². The Kier molecular flexibility index (Phi) is 10.4. The van der Waals surface area contributed by atoms with E-state index in [4.69, 9.17) is 0 Å². The van der Waals surface area contributed by atoms with Crippen LogP contribution in [0.4, 0.5) is 13.2 Å². The molecule has 0 fully saturated rings. The normalized spacial score (nSPS) is 11.9. The second-order valence-electron chi connectivity index (χ2n) is 6.54. The summed E-state index contributed by atoms with van der Waals surface area (Å²) in [6.45, 7) is 5.72. The summed E-state index contributed by atoms with van der Waals surface area (Å²) in [5.74, 6) is 2.24. The van der Waals surface area contributed by atoms with E-state index in [1.807, 2.05) is 18.5 Å². The average molecular weight is 524 g/mol. The van der Waals surface area contributed by atoms with Crippen molar-refractivity contribution in [2.75, 3.05) is 13.1 Å². The molecule has 0 aliphatic carbocycles. The summed E-state index contributed by atoms with van der Waals surface area (Å²) in [6.07, 6.45) is -1.63. The van der Waals surface area contributed by atoms with E-state index in [0.29, 0.717) is 25.5 Å². The van der Waals surface area contributed by atoms with Gasteiger partial charge in [-0.15, -0.1) is 34.2 Å². The predicted molar refractivity (Wildman–Crippen MR) is 118 cm³/mol. The first-order chi connectivity index (χ1) is 13.3. The fraction of sp³-hybridized carbons (Fsp3) is 0.526. The van der Waals surface area contributed by atoms with Gasteiger partial charge >= 0.3 is 6.18 Å². The van der Waals surface area contributed by atoms with Crippen molar-refractivity contribution in [1.82, 2.24) is 25.4 Å². The van der Waals surface area contributed by atoms with Gasteiger partial charge in [0.1, 0.15) is 12.4 Å². The Bertz CT molecular complexity index is 771. The van der Waals surface area contributed by atoms with Crippen molar-refractivity contribution in [3.05, 3.63) is 47.0 Å². The summed E-state index contributed by atoms with van der Waals surface area (Å²) in [7, 11) is 1.89. The van der Waals surface area contributed by atoms with Gasteiger partial charge in [-0.3, -0.25) is 0 Å². The molecule has 0 aliphatic rings. The average Bonchev–Trinajstić information content (AvgIpc) is 2.97. The van der Waals surface area contributed by atoms with Gasteiger partial charge < -0.3 is 15.2 Å². The highest BCUT2D eigenvalue weighted by Gasteiger charge is 2.29. The van der Waals surface area contributed by atoms with Crippen molar-refractivity contribution >= 4 is 29.9 Å². The molecule has 0 spiro atoms. The van der Waals surface area contributed by atoms with Crippen molar-refractivity contribution in [3.8, 4) is 0 Å². The van der Waals surface area contributed by atoms with Gasteiger partial charge in [-0.2, -0.15) is 13.2 Å². The van der Waals surface area contributed by atoms with E-state index in [1.54, 1.807) is 0 Å². The largest absolute Gasteiger partial charge is 0.416 e. The Labute approximate surface area is 186 Å². The van der Waals surface area contributed by atoms with Crippen molar-refractivity contribution in [2.45, 2.75) is 45.8 Å². The molecule has 0 radical (unpaired) electrons. The molecule has 2 rings (SSSR count). The first-order valence-electron chi connectivity index (χ1n) is 9.34. The molecule has 1 aromatic carbocycles. The highest BCUT2D eigenvalue weighted by Crippen LogP contribution is 2.29. The quantitative estimate of drug-likeness (QED) is 0.239. The van der Waals surface area contributed by atoms with E-state index in [0.717, 1.165) is 48.7 Å². The molecule has 0 bridgehead atoms. The molecule has 1 heterocycles. The summed E-state index contributed by atoms with van der Waals surface area (Å²) in [4.78, 5) is 4.54. The topological polar surface area (TPSA) is 67.1 Å². The van der Waals surface area contributed by atoms with Crippen LogP contribution in [0.15, 0.2) is 29.3 Å². The van der Waals surface area contributed by atoms with Crippen LogP contribution in [0.2, 0.25) is 0 Å². The van der Waals surface area contributed by atoms with Gasteiger partial charge in [-0.1, -0.05) is 25.5 Å². The molecule has 0 amide bonds. The van der Waals surface area contributed by atoms with Crippen LogP contribution in [0, 0.1) is 6.92 Å². The number of aryl methyl sites for hydroxylation is 1. The SMILES string of the molecule is CCCCNC(=NCc1nnc(C)n1C)NCCc1ccc(C(F)(F)F)cc1.I. The van der Waals surface area contributed by atoms with Crippen LogP contribution in [0.5, 0.6) is 0 Å². The lowest BCUT2D eigenvalue weighted by atomic mass is 10.1. The first kappa shape index (κ1) is 25.2. The number of alkyl halides is 3. The third-order valence-corrected chi connectivity index (χ3v) is 4.37. The standard InChI is InChI=1S/C19H27F3N6.HI/c1-4-5-11-23-18(25-13-17-27-26-14(2)28(17)3)24-12-10-15-6-8-16(9-7-15)19(20,21)22;/h6-9H,4-5,10-13H2,1-3H3,(H2,23,24,25);1H. The third-order valence-electron chi connectivity index (χ3n) is 4.37.